The van der Waals surface area contributed by atoms with Crippen molar-refractivity contribution < 1.29 is 39.1 Å². The summed E-state index contributed by atoms with van der Waals surface area (Å²) in [6.45, 7) is 3.21. The Morgan fingerprint density at radius 1 is 1.03 bits per heavy atom. The zero-order valence-corrected chi connectivity index (χ0v) is 16.4. The molecule has 8 heteroatoms. The summed E-state index contributed by atoms with van der Waals surface area (Å²) in [6, 6.07) is 9.33. The molecule has 0 heterocycles. The van der Waals surface area contributed by atoms with E-state index in [0.29, 0.717) is 16.9 Å². The normalized spacial score (nSPS) is 10.8. The predicted molar refractivity (Wildman–Crippen MR) is 106 cm³/mol. The number of carbonyl (C=O) groups excluding carboxylic acids is 1. The van der Waals surface area contributed by atoms with Crippen LogP contribution in [0.15, 0.2) is 43.0 Å². The third-order valence-corrected chi connectivity index (χ3v) is 3.88. The predicted octanol–water partition coefficient (Wildman–Crippen LogP) is 2.54. The molecule has 0 aliphatic heterocycles. The van der Waals surface area contributed by atoms with Gasteiger partial charge in [-0.05, 0) is 35.4 Å². The molecule has 1 atom stereocenters. The van der Waals surface area contributed by atoms with Gasteiger partial charge in [0.25, 0.3) is 0 Å². The van der Waals surface area contributed by atoms with Crippen molar-refractivity contribution in [1.29, 1.82) is 0 Å². The highest BCUT2D eigenvalue weighted by Crippen LogP contribution is 2.24. The lowest BCUT2D eigenvalue weighted by Crippen LogP contribution is -2.05. The van der Waals surface area contributed by atoms with Crippen LogP contribution in [0.1, 0.15) is 37.9 Å². The summed E-state index contributed by atoms with van der Waals surface area (Å²) in [6.07, 6.45) is 0.658. The minimum Gasteiger partial charge on any atom is -0.496 e. The second-order valence-corrected chi connectivity index (χ2v) is 5.62. The lowest BCUT2D eigenvalue weighted by Gasteiger charge is -2.10. The molecule has 2 aromatic carbocycles. The van der Waals surface area contributed by atoms with Gasteiger partial charge in [-0.1, -0.05) is 24.8 Å². The summed E-state index contributed by atoms with van der Waals surface area (Å²) in [7, 11) is 4.19. The molecule has 0 aliphatic rings. The fourth-order valence-corrected chi connectivity index (χ4v) is 2.31. The summed E-state index contributed by atoms with van der Waals surface area (Å²) in [4.78, 5) is 22.0. The third kappa shape index (κ3) is 6.34. The topological polar surface area (TPSA) is 123 Å². The fourth-order valence-electron chi connectivity index (χ4n) is 2.31. The average Bonchev–Trinajstić information content (AvgIpc) is 2.77. The van der Waals surface area contributed by atoms with Crippen LogP contribution in [-0.2, 0) is 4.74 Å². The van der Waals surface area contributed by atoms with E-state index in [0.717, 1.165) is 5.56 Å². The van der Waals surface area contributed by atoms with Crippen LogP contribution >= 0.6 is 0 Å². The number of rotatable bonds is 7. The van der Waals surface area contributed by atoms with Gasteiger partial charge in [-0.25, -0.2) is 9.59 Å². The number of carboxylic acids is 1. The first-order valence-corrected chi connectivity index (χ1v) is 8.41. The molecule has 0 amide bonds. The number of benzene rings is 2. The highest BCUT2D eigenvalue weighted by molar-refractivity contribution is 5.93. The standard InChI is InChI=1S/C11H12O3.C10H12O5/c1-4-8-5-6-9(11(12)14-3)10(7-8)13-2;1-15-9-4-6(8(12)5-11)2-3-7(9)10(13)14/h4-7H,1H2,2-3H3;2-4,8,11-12H,5H2,1H3,(H,13,14)/t;8-/m.0/s1. The molecule has 0 radical (unpaired) electrons. The van der Waals surface area contributed by atoms with Crippen molar-refractivity contribution in [2.45, 2.75) is 6.10 Å². The molecule has 0 fully saturated rings. The van der Waals surface area contributed by atoms with Crippen LogP contribution in [0.5, 0.6) is 11.5 Å². The maximum Gasteiger partial charge on any atom is 0.341 e. The Morgan fingerprint density at radius 3 is 2.10 bits per heavy atom. The van der Waals surface area contributed by atoms with Gasteiger partial charge < -0.3 is 29.5 Å². The molecule has 3 N–H and O–H groups in total. The van der Waals surface area contributed by atoms with Crippen LogP contribution < -0.4 is 9.47 Å². The molecule has 2 rings (SSSR count). The number of carbonyl (C=O) groups is 2. The SMILES string of the molecule is C=Cc1ccc(C(=O)OC)c(OC)c1.COc1cc([C@@H](O)CO)ccc1C(=O)O. The van der Waals surface area contributed by atoms with E-state index in [2.05, 4.69) is 11.3 Å². The molecule has 0 aliphatic carbocycles. The molecule has 0 spiro atoms. The van der Waals surface area contributed by atoms with Crippen molar-refractivity contribution in [3.05, 3.63) is 65.2 Å². The Labute approximate surface area is 168 Å². The molecule has 0 aromatic heterocycles. The largest absolute Gasteiger partial charge is 0.496 e. The molecule has 0 saturated heterocycles. The number of carboxylic acid groups (broad SMARTS) is 1. The highest BCUT2D eigenvalue weighted by Gasteiger charge is 2.14. The van der Waals surface area contributed by atoms with E-state index in [4.69, 9.17) is 19.7 Å². The molecular weight excluding hydrogens is 380 g/mol. The second kappa shape index (κ2) is 11.5. The van der Waals surface area contributed by atoms with E-state index in [9.17, 15) is 14.7 Å². The Kier molecular flexibility index (Phi) is 9.37. The van der Waals surface area contributed by atoms with Crippen LogP contribution in [0.25, 0.3) is 6.08 Å². The fraction of sp³-hybridized carbons (Fsp3) is 0.238. The van der Waals surface area contributed by atoms with Crippen molar-refractivity contribution in [1.82, 2.24) is 0 Å². The monoisotopic (exact) mass is 404 g/mol. The van der Waals surface area contributed by atoms with E-state index in [1.807, 2.05) is 0 Å². The van der Waals surface area contributed by atoms with Gasteiger partial charge in [0, 0.05) is 0 Å². The summed E-state index contributed by atoms with van der Waals surface area (Å²) < 4.78 is 14.5. The number of ether oxygens (including phenoxy) is 3. The summed E-state index contributed by atoms with van der Waals surface area (Å²) in [5, 5.41) is 26.8. The van der Waals surface area contributed by atoms with Crippen molar-refractivity contribution in [3.63, 3.8) is 0 Å². The van der Waals surface area contributed by atoms with E-state index in [1.54, 1.807) is 24.3 Å². The quantitative estimate of drug-likeness (QED) is 0.602. The minimum atomic E-state index is -1.10. The first kappa shape index (κ1) is 23.7. The van der Waals surface area contributed by atoms with Gasteiger partial charge in [-0.3, -0.25) is 0 Å². The number of aromatic carboxylic acids is 1. The van der Waals surface area contributed by atoms with Crippen molar-refractivity contribution >= 4 is 18.0 Å². The van der Waals surface area contributed by atoms with Gasteiger partial charge in [0.05, 0.1) is 27.9 Å². The lowest BCUT2D eigenvalue weighted by atomic mass is 10.1. The number of methoxy groups -OCH3 is 3. The Hall–Kier alpha value is -3.36. The number of aliphatic hydroxyl groups is 2. The number of esters is 1. The minimum absolute atomic E-state index is 0.0198. The van der Waals surface area contributed by atoms with Gasteiger partial charge in [0.15, 0.2) is 0 Å². The van der Waals surface area contributed by atoms with E-state index in [-0.39, 0.29) is 11.3 Å². The van der Waals surface area contributed by atoms with Crippen molar-refractivity contribution in [2.24, 2.45) is 0 Å². The Morgan fingerprint density at radius 2 is 1.62 bits per heavy atom. The van der Waals surface area contributed by atoms with Crippen LogP contribution in [0.2, 0.25) is 0 Å². The lowest BCUT2D eigenvalue weighted by molar-refractivity contribution is 0.0596. The summed E-state index contributed by atoms with van der Waals surface area (Å²) in [5.74, 6) is -0.851. The van der Waals surface area contributed by atoms with Crippen molar-refractivity contribution in [2.75, 3.05) is 27.9 Å². The van der Waals surface area contributed by atoms with Gasteiger partial charge >= 0.3 is 11.9 Å². The molecule has 0 saturated carbocycles. The van der Waals surface area contributed by atoms with Crippen LogP contribution in [-0.4, -0.2) is 55.2 Å². The second-order valence-electron chi connectivity index (χ2n) is 5.62. The van der Waals surface area contributed by atoms with Gasteiger partial charge in [-0.2, -0.15) is 0 Å². The van der Waals surface area contributed by atoms with Gasteiger partial charge in [0.2, 0.25) is 0 Å². The summed E-state index contributed by atoms with van der Waals surface area (Å²) in [5.41, 5.74) is 1.75. The average molecular weight is 404 g/mol. The third-order valence-electron chi connectivity index (χ3n) is 3.88. The number of hydrogen-bond acceptors (Lipinski definition) is 7. The number of aliphatic hydroxyl groups excluding tert-OH is 2. The molecule has 8 nitrogen and oxygen atoms in total. The van der Waals surface area contributed by atoms with Crippen LogP contribution in [0, 0.1) is 0 Å². The van der Waals surface area contributed by atoms with Gasteiger partial charge in [0.1, 0.15) is 28.7 Å². The smallest absolute Gasteiger partial charge is 0.341 e. The molecular formula is C21H24O8. The van der Waals surface area contributed by atoms with Crippen LogP contribution in [0.3, 0.4) is 0 Å². The van der Waals surface area contributed by atoms with Gasteiger partial charge in [-0.15, -0.1) is 0 Å². The van der Waals surface area contributed by atoms with Crippen LogP contribution in [0.4, 0.5) is 0 Å². The first-order valence-electron chi connectivity index (χ1n) is 8.41. The maximum absolute atomic E-state index is 11.3. The first-order chi connectivity index (χ1) is 13.8. The number of hydrogen-bond donors (Lipinski definition) is 3. The molecule has 0 unspecified atom stereocenters. The zero-order valence-electron chi connectivity index (χ0n) is 16.4. The zero-order chi connectivity index (χ0) is 22.0. The van der Waals surface area contributed by atoms with Crippen molar-refractivity contribution in [3.8, 4) is 11.5 Å². The maximum atomic E-state index is 11.3. The van der Waals surface area contributed by atoms with E-state index in [1.165, 1.54) is 39.5 Å². The molecule has 0 bridgehead atoms. The Bertz CT molecular complexity index is 860. The Balaban J connectivity index is 0.000000291. The van der Waals surface area contributed by atoms with E-state index >= 15 is 0 Å². The molecule has 156 valence electrons. The highest BCUT2D eigenvalue weighted by atomic mass is 16.5. The summed E-state index contributed by atoms with van der Waals surface area (Å²) >= 11 is 0. The molecule has 2 aromatic rings. The van der Waals surface area contributed by atoms with E-state index < -0.39 is 24.6 Å². The molecule has 29 heavy (non-hydrogen) atoms.